The molecule has 3 heteroatoms. The van der Waals surface area contributed by atoms with E-state index in [1.54, 1.807) is 0 Å². The molecule has 116 valence electrons. The van der Waals surface area contributed by atoms with Gasteiger partial charge in [-0.05, 0) is 62.9 Å². The number of nitrogens with two attached hydrogens (primary N) is 1. The first-order valence-corrected chi connectivity index (χ1v) is 8.63. The molecule has 0 amide bonds. The number of hydrogen-bond donors (Lipinski definition) is 2. The maximum absolute atomic E-state index is 5.97. The molecule has 1 heterocycles. The van der Waals surface area contributed by atoms with E-state index in [-0.39, 0.29) is 0 Å². The zero-order chi connectivity index (χ0) is 14.5. The van der Waals surface area contributed by atoms with Gasteiger partial charge in [0, 0.05) is 18.3 Å². The Morgan fingerprint density at radius 3 is 2.62 bits per heavy atom. The highest BCUT2D eigenvalue weighted by molar-refractivity contribution is 5.52. The molecule has 1 aromatic rings. The lowest BCUT2D eigenvalue weighted by molar-refractivity contribution is 0.326. The molecular formula is C18H29N3. The highest BCUT2D eigenvalue weighted by atomic mass is 15.1. The molecule has 3 rings (SSSR count). The van der Waals surface area contributed by atoms with E-state index in [2.05, 4.69) is 34.5 Å². The number of rotatable bonds is 5. The molecule has 0 bridgehead atoms. The van der Waals surface area contributed by atoms with E-state index in [0.29, 0.717) is 12.0 Å². The van der Waals surface area contributed by atoms with Crippen LogP contribution in [0.3, 0.4) is 0 Å². The van der Waals surface area contributed by atoms with E-state index < -0.39 is 0 Å². The SMILES string of the molecule is NCC1CCCCC1Nc1ccccc1CN1CCCC1. The van der Waals surface area contributed by atoms with Gasteiger partial charge in [-0.15, -0.1) is 0 Å². The van der Waals surface area contributed by atoms with Gasteiger partial charge in [0.25, 0.3) is 0 Å². The molecule has 1 saturated heterocycles. The van der Waals surface area contributed by atoms with Gasteiger partial charge in [-0.2, -0.15) is 0 Å². The van der Waals surface area contributed by atoms with E-state index in [1.165, 1.54) is 62.9 Å². The summed E-state index contributed by atoms with van der Waals surface area (Å²) < 4.78 is 0. The minimum absolute atomic E-state index is 0.559. The molecule has 2 fully saturated rings. The second-order valence-electron chi connectivity index (χ2n) is 6.67. The first-order chi connectivity index (χ1) is 10.4. The van der Waals surface area contributed by atoms with Crippen LogP contribution in [-0.4, -0.2) is 30.6 Å². The van der Waals surface area contributed by atoms with Crippen LogP contribution < -0.4 is 11.1 Å². The number of likely N-dealkylation sites (tertiary alicyclic amines) is 1. The van der Waals surface area contributed by atoms with Crippen molar-refractivity contribution in [3.63, 3.8) is 0 Å². The van der Waals surface area contributed by atoms with Crippen LogP contribution in [0.4, 0.5) is 5.69 Å². The van der Waals surface area contributed by atoms with Crippen LogP contribution in [0.15, 0.2) is 24.3 Å². The number of hydrogen-bond acceptors (Lipinski definition) is 3. The van der Waals surface area contributed by atoms with E-state index in [9.17, 15) is 0 Å². The highest BCUT2D eigenvalue weighted by Crippen LogP contribution is 2.28. The number of nitrogens with zero attached hydrogens (tertiary/aromatic N) is 1. The summed E-state index contributed by atoms with van der Waals surface area (Å²) >= 11 is 0. The maximum atomic E-state index is 5.97. The fourth-order valence-electron chi connectivity index (χ4n) is 3.86. The molecule has 0 aromatic heterocycles. The average molecular weight is 287 g/mol. The standard InChI is InChI=1S/C18H29N3/c19-13-15-7-1-3-9-17(15)20-18-10-4-2-8-16(18)14-21-11-5-6-12-21/h2,4,8,10,15,17,20H,1,3,5-7,9,11-14,19H2. The van der Waals surface area contributed by atoms with Crippen LogP contribution in [0.25, 0.3) is 0 Å². The van der Waals surface area contributed by atoms with Gasteiger partial charge in [-0.25, -0.2) is 0 Å². The Balaban J connectivity index is 1.68. The molecule has 1 aliphatic heterocycles. The molecule has 3 N–H and O–H groups in total. The molecule has 1 aromatic carbocycles. The molecule has 0 spiro atoms. The summed E-state index contributed by atoms with van der Waals surface area (Å²) in [5, 5.41) is 3.82. The van der Waals surface area contributed by atoms with Gasteiger partial charge in [0.05, 0.1) is 0 Å². The van der Waals surface area contributed by atoms with Gasteiger partial charge < -0.3 is 11.1 Å². The van der Waals surface area contributed by atoms with Crippen LogP contribution in [0.1, 0.15) is 44.1 Å². The summed E-state index contributed by atoms with van der Waals surface area (Å²) in [6.45, 7) is 4.40. The zero-order valence-corrected chi connectivity index (χ0v) is 13.1. The second-order valence-corrected chi connectivity index (χ2v) is 6.67. The monoisotopic (exact) mass is 287 g/mol. The first kappa shape index (κ1) is 14.9. The lowest BCUT2D eigenvalue weighted by atomic mass is 9.84. The highest BCUT2D eigenvalue weighted by Gasteiger charge is 2.24. The molecule has 2 unspecified atom stereocenters. The third-order valence-corrected chi connectivity index (χ3v) is 5.16. The fourth-order valence-corrected chi connectivity index (χ4v) is 3.86. The number of benzene rings is 1. The molecule has 2 aliphatic rings. The number of anilines is 1. The molecule has 21 heavy (non-hydrogen) atoms. The molecular weight excluding hydrogens is 258 g/mol. The van der Waals surface area contributed by atoms with Crippen molar-refractivity contribution in [1.82, 2.24) is 4.90 Å². The van der Waals surface area contributed by atoms with Crippen LogP contribution >= 0.6 is 0 Å². The summed E-state index contributed by atoms with van der Waals surface area (Å²) in [5.41, 5.74) is 8.74. The van der Waals surface area contributed by atoms with Gasteiger partial charge in [0.15, 0.2) is 0 Å². The fraction of sp³-hybridized carbons (Fsp3) is 0.667. The first-order valence-electron chi connectivity index (χ1n) is 8.63. The van der Waals surface area contributed by atoms with Crippen molar-refractivity contribution in [1.29, 1.82) is 0 Å². The van der Waals surface area contributed by atoms with Crippen LogP contribution in [0, 0.1) is 5.92 Å². The molecule has 1 aliphatic carbocycles. The van der Waals surface area contributed by atoms with E-state index in [4.69, 9.17) is 5.73 Å². The van der Waals surface area contributed by atoms with Crippen LogP contribution in [0.2, 0.25) is 0 Å². The summed E-state index contributed by atoms with van der Waals surface area (Å²) in [4.78, 5) is 2.57. The van der Waals surface area contributed by atoms with Gasteiger partial charge >= 0.3 is 0 Å². The van der Waals surface area contributed by atoms with Crippen molar-refractivity contribution >= 4 is 5.69 Å². The maximum Gasteiger partial charge on any atom is 0.0388 e. The predicted octanol–water partition coefficient (Wildman–Crippen LogP) is 3.21. The predicted molar refractivity (Wildman–Crippen MR) is 89.4 cm³/mol. The minimum Gasteiger partial charge on any atom is -0.382 e. The molecule has 2 atom stereocenters. The van der Waals surface area contributed by atoms with Crippen LogP contribution in [0.5, 0.6) is 0 Å². The summed E-state index contributed by atoms with van der Waals surface area (Å²) in [7, 11) is 0. The Labute approximate surface area is 128 Å². The quantitative estimate of drug-likeness (QED) is 0.874. The summed E-state index contributed by atoms with van der Waals surface area (Å²) in [6.07, 6.45) is 7.93. The van der Waals surface area contributed by atoms with E-state index in [1.807, 2.05) is 0 Å². The zero-order valence-electron chi connectivity index (χ0n) is 13.1. The second kappa shape index (κ2) is 7.28. The van der Waals surface area contributed by atoms with Crippen molar-refractivity contribution in [3.05, 3.63) is 29.8 Å². The summed E-state index contributed by atoms with van der Waals surface area (Å²) in [5.74, 6) is 0.638. The Hall–Kier alpha value is -1.06. The third kappa shape index (κ3) is 3.78. The largest absolute Gasteiger partial charge is 0.382 e. The van der Waals surface area contributed by atoms with Crippen molar-refractivity contribution in [2.45, 2.75) is 51.1 Å². The Bertz CT molecular complexity index is 440. The normalized spacial score (nSPS) is 26.9. The molecule has 0 radical (unpaired) electrons. The van der Waals surface area contributed by atoms with Gasteiger partial charge in [-0.3, -0.25) is 4.90 Å². The molecule has 1 saturated carbocycles. The van der Waals surface area contributed by atoms with Crippen molar-refractivity contribution in [3.8, 4) is 0 Å². The summed E-state index contributed by atoms with van der Waals surface area (Å²) in [6, 6.07) is 9.39. The van der Waals surface area contributed by atoms with Crippen molar-refractivity contribution in [2.24, 2.45) is 11.7 Å². The Kier molecular flexibility index (Phi) is 5.15. The lowest BCUT2D eigenvalue weighted by Gasteiger charge is -2.33. The minimum atomic E-state index is 0.559. The van der Waals surface area contributed by atoms with Gasteiger partial charge in [0.2, 0.25) is 0 Å². The third-order valence-electron chi connectivity index (χ3n) is 5.16. The van der Waals surface area contributed by atoms with Gasteiger partial charge in [0.1, 0.15) is 0 Å². The van der Waals surface area contributed by atoms with E-state index >= 15 is 0 Å². The number of para-hydroxylation sites is 1. The van der Waals surface area contributed by atoms with Crippen molar-refractivity contribution in [2.75, 3.05) is 25.0 Å². The van der Waals surface area contributed by atoms with E-state index in [0.717, 1.165) is 13.1 Å². The smallest absolute Gasteiger partial charge is 0.0388 e. The van der Waals surface area contributed by atoms with Crippen molar-refractivity contribution < 1.29 is 0 Å². The number of nitrogens with one attached hydrogen (secondary N) is 1. The Morgan fingerprint density at radius 1 is 1.05 bits per heavy atom. The topological polar surface area (TPSA) is 41.3 Å². The average Bonchev–Trinajstić information content (AvgIpc) is 3.03. The lowest BCUT2D eigenvalue weighted by Crippen LogP contribution is -2.37. The van der Waals surface area contributed by atoms with Gasteiger partial charge in [-0.1, -0.05) is 31.0 Å². The molecule has 3 nitrogen and oxygen atoms in total. The van der Waals surface area contributed by atoms with Crippen LogP contribution in [-0.2, 0) is 6.54 Å². The Morgan fingerprint density at radius 2 is 1.81 bits per heavy atom.